The Hall–Kier alpha value is -13.0. The number of nitrogen functional groups attached to an aromatic ring is 1. The molecule has 0 heterocycles. The number of rotatable bonds is 51. The molecule has 0 saturated heterocycles. The third kappa shape index (κ3) is 39.3. The zero-order valence-corrected chi connectivity index (χ0v) is 68.2. The van der Waals surface area contributed by atoms with Gasteiger partial charge >= 0.3 is 12.1 Å². The number of anilines is 2. The van der Waals surface area contributed by atoms with Crippen LogP contribution in [0.25, 0.3) is 0 Å². The quantitative estimate of drug-likeness (QED) is 0.00745. The largest absolute Gasteiger partial charge is 0.490 e. The number of nitrogens with zero attached hydrogens (tertiary/aromatic N) is 5. The van der Waals surface area contributed by atoms with Crippen LogP contribution in [0.5, 0.6) is 0 Å². The lowest BCUT2D eigenvalue weighted by Crippen LogP contribution is -2.63. The number of non-ortho nitro benzene ring substituents is 1. The predicted molar refractivity (Wildman–Crippen MR) is 432 cm³/mol. The number of carbonyl (C=O) groups excluding carboxylic acids is 13. The van der Waals surface area contributed by atoms with E-state index in [0.717, 1.165) is 25.1 Å². The number of halogens is 3. The van der Waals surface area contributed by atoms with E-state index in [2.05, 4.69) is 84.1 Å². The number of aliphatic carboxylic acids is 1. The summed E-state index contributed by atoms with van der Waals surface area (Å²) in [7, 11) is 0. The molecule has 2 rings (SSSR count). The second kappa shape index (κ2) is 52.6. The van der Waals surface area contributed by atoms with E-state index in [1.165, 1.54) is 32.9 Å². The van der Waals surface area contributed by atoms with Gasteiger partial charge in [0.15, 0.2) is 17.9 Å². The molecule has 12 unspecified atom stereocenters. The van der Waals surface area contributed by atoms with Crippen molar-refractivity contribution >= 4 is 123 Å². The van der Waals surface area contributed by atoms with Crippen LogP contribution in [0.15, 0.2) is 57.4 Å². The Balaban J connectivity index is 0.00000980. The molecule has 0 fully saturated rings. The summed E-state index contributed by atoms with van der Waals surface area (Å²) in [6, 6.07) is -5.59. The summed E-state index contributed by atoms with van der Waals surface area (Å²) in [5.74, 6) is -17.9. The van der Waals surface area contributed by atoms with Gasteiger partial charge in [-0.15, -0.1) is 0 Å². The number of nitro groups is 2. The number of nitrogens with one attached hydrogen (secondary N) is 13. The molecule has 49 heteroatoms. The molecular formula is C71H115F3N26O20. The summed E-state index contributed by atoms with van der Waals surface area (Å²) in [5.41, 5.74) is 43.6. The summed E-state index contributed by atoms with van der Waals surface area (Å²) in [6.45, 7) is 14.0. The number of unbranched alkanes of at least 4 members (excludes halogenated alkanes) is 1. The van der Waals surface area contributed by atoms with E-state index < -0.39 is 213 Å². The van der Waals surface area contributed by atoms with Crippen molar-refractivity contribution in [2.75, 3.05) is 50.3 Å². The van der Waals surface area contributed by atoms with Gasteiger partial charge in [0, 0.05) is 37.9 Å². The fourth-order valence-electron chi connectivity index (χ4n) is 10.8. The first kappa shape index (κ1) is 105. The van der Waals surface area contributed by atoms with E-state index in [1.54, 1.807) is 53.7 Å². The van der Waals surface area contributed by atoms with E-state index in [9.17, 15) is 101 Å². The zero-order valence-electron chi connectivity index (χ0n) is 68.2. The molecule has 0 bridgehead atoms. The first-order chi connectivity index (χ1) is 55.9. The topological polar surface area (TPSA) is 767 Å². The number of para-hydroxylation sites is 1. The highest BCUT2D eigenvalue weighted by molar-refractivity contribution is 6.02. The molecule has 2 aromatic rings. The Morgan fingerprint density at radius 3 is 1.28 bits per heavy atom. The fraction of sp³-hybridized carbons (Fsp3) is 0.592. The van der Waals surface area contributed by atoms with E-state index in [1.807, 2.05) is 0 Å². The smallest absolute Gasteiger partial charge is 0.475 e. The number of carboxylic acid groups (broad SMARTS) is 1. The van der Waals surface area contributed by atoms with Crippen molar-refractivity contribution in [3.8, 4) is 0 Å². The first-order valence-electron chi connectivity index (χ1n) is 38.0. The summed E-state index contributed by atoms with van der Waals surface area (Å²) in [6.07, 6.45) is -6.75. The number of nitrogens with two attached hydrogens (primary N) is 8. The van der Waals surface area contributed by atoms with Crippen molar-refractivity contribution in [2.45, 2.75) is 206 Å². The van der Waals surface area contributed by atoms with Crippen LogP contribution in [-0.2, 0) is 62.3 Å². The number of benzene rings is 2. The Bertz CT molecular complexity index is 3950. The summed E-state index contributed by atoms with van der Waals surface area (Å²) in [5, 5.41) is 74.7. The van der Waals surface area contributed by atoms with Crippen LogP contribution in [0.4, 0.5) is 35.9 Å². The van der Waals surface area contributed by atoms with Gasteiger partial charge in [-0.2, -0.15) is 13.2 Å². The van der Waals surface area contributed by atoms with Crippen LogP contribution in [0.2, 0.25) is 0 Å². The predicted octanol–water partition coefficient (Wildman–Crippen LogP) is -4.24. The molecule has 46 nitrogen and oxygen atoms in total. The molecule has 0 saturated carbocycles. The maximum Gasteiger partial charge on any atom is 0.490 e. The number of alkyl halides is 3. The third-order valence-electron chi connectivity index (χ3n) is 17.7. The summed E-state index contributed by atoms with van der Waals surface area (Å²) >= 11 is 0. The lowest BCUT2D eigenvalue weighted by Gasteiger charge is -2.31. The highest BCUT2D eigenvalue weighted by Crippen LogP contribution is 2.29. The van der Waals surface area contributed by atoms with Gasteiger partial charge in [-0.05, 0) is 114 Å². The average molecular weight is 1710 g/mol. The van der Waals surface area contributed by atoms with Crippen molar-refractivity contribution < 1.29 is 100 Å². The second-order valence-electron chi connectivity index (χ2n) is 28.6. The summed E-state index contributed by atoms with van der Waals surface area (Å²) in [4.78, 5) is 222. The van der Waals surface area contributed by atoms with Gasteiger partial charge in [-0.3, -0.25) is 97.5 Å². The Labute approximate surface area is 688 Å². The van der Waals surface area contributed by atoms with Crippen molar-refractivity contribution in [3.05, 3.63) is 68.3 Å². The lowest BCUT2D eigenvalue weighted by molar-refractivity contribution is -0.393. The molecule has 0 aromatic heterocycles. The van der Waals surface area contributed by atoms with Crippen molar-refractivity contribution in [1.29, 1.82) is 0 Å². The molecule has 670 valence electrons. The Morgan fingerprint density at radius 2 is 0.867 bits per heavy atom. The number of aliphatic hydroxyl groups is 1. The van der Waals surface area contributed by atoms with E-state index in [-0.39, 0.29) is 119 Å². The van der Waals surface area contributed by atoms with Crippen LogP contribution in [-0.4, -0.2) is 233 Å². The number of guanidine groups is 3. The standard InChI is InChI=1S/C69H114N26O18.C2HF3O2/c1-11-37(8)54(92-64(107)53(36(6)7)90-63(106)51(34(2)3)89-50(98)33-82-49(97)32-83-58(101)41-19-12-13-20-42(41)70)65(108)84-38(9)57(100)93-55(39(10)96)66(109)91-52(35(4)5)62(105)88-45(21-14-15-27-78-43-26-25-40(94(110)111)31-48(43)95(112)113)60(103)87-47(24-18-30-81-69(76)77)61(104)86-46(23-17-29-80-68(74)75)59(102)85-44(56(71)99)22-16-28-79-67(72)73;3-2(4,5)1(6)7/h12-13,19-20,25-26,31,34-39,44-47,51-55,78,96H,11,14-18,21-24,27-30,32-33,70H2,1-10H3,(H2,71,99)(H,82,97)(H,83,101)(H,84,108)(H,85,102)(H,86,104)(H,87,103)(H,88,105)(H,89,98)(H,90,106)(H,91,109)(H,92,107)(H,93,100)(H4,72,73,79)(H4,74,75,80)(H4,76,77,81);(H,6,7). The number of aliphatic hydroxyl groups excluding tert-OH is 1. The number of aliphatic imine (C=N–C) groups is 3. The number of hydrogen-bond donors (Lipinski definition) is 23. The lowest BCUT2D eigenvalue weighted by atomic mass is 9.95. The molecular weight excluding hydrogens is 1590 g/mol. The zero-order chi connectivity index (χ0) is 91.6. The van der Waals surface area contributed by atoms with E-state index >= 15 is 0 Å². The maximum atomic E-state index is 14.8. The van der Waals surface area contributed by atoms with Crippen LogP contribution < -0.4 is 115 Å². The van der Waals surface area contributed by atoms with Gasteiger partial charge in [-0.25, -0.2) is 4.79 Å². The average Bonchev–Trinajstić information content (AvgIpc) is 0.656. The molecule has 12 atom stereocenters. The molecule has 0 radical (unpaired) electrons. The minimum absolute atomic E-state index is 0.0134. The van der Waals surface area contributed by atoms with Crippen molar-refractivity contribution in [3.63, 3.8) is 0 Å². The monoisotopic (exact) mass is 1710 g/mol. The number of amides is 13. The second-order valence-corrected chi connectivity index (χ2v) is 28.6. The van der Waals surface area contributed by atoms with Gasteiger partial charge in [0.2, 0.25) is 70.9 Å². The normalized spacial score (nSPS) is 14.0. The number of hydrogen-bond acceptors (Lipinski definition) is 24. The number of nitro benzene ring substituents is 2. The molecule has 0 aliphatic carbocycles. The number of carbonyl (C=O) groups is 14. The van der Waals surface area contributed by atoms with Gasteiger partial charge in [-0.1, -0.05) is 73.9 Å². The highest BCUT2D eigenvalue weighted by atomic mass is 19.4. The summed E-state index contributed by atoms with van der Waals surface area (Å²) < 4.78 is 31.7. The molecule has 0 spiro atoms. The molecule has 13 amide bonds. The van der Waals surface area contributed by atoms with E-state index in [4.69, 9.17) is 55.8 Å². The van der Waals surface area contributed by atoms with Crippen LogP contribution in [0.3, 0.4) is 0 Å². The van der Waals surface area contributed by atoms with E-state index in [0.29, 0.717) is 6.42 Å². The van der Waals surface area contributed by atoms with Crippen molar-refractivity contribution in [1.82, 2.24) is 63.8 Å². The van der Waals surface area contributed by atoms with Crippen molar-refractivity contribution in [2.24, 2.45) is 78.8 Å². The van der Waals surface area contributed by atoms with Gasteiger partial charge < -0.3 is 125 Å². The fourth-order valence-corrected chi connectivity index (χ4v) is 10.8. The Kier molecular flexibility index (Phi) is 46.0. The molecule has 0 aliphatic heterocycles. The molecule has 120 heavy (non-hydrogen) atoms. The maximum absolute atomic E-state index is 14.8. The number of carboxylic acids is 1. The van der Waals surface area contributed by atoms with Gasteiger partial charge in [0.05, 0.1) is 40.7 Å². The minimum atomic E-state index is -5.08. The van der Waals surface area contributed by atoms with Crippen LogP contribution >= 0.6 is 0 Å². The van der Waals surface area contributed by atoms with Gasteiger partial charge in [0.25, 0.3) is 17.3 Å². The van der Waals surface area contributed by atoms with Gasteiger partial charge in [0.1, 0.15) is 66.1 Å². The molecule has 0 aliphatic rings. The minimum Gasteiger partial charge on any atom is -0.475 e. The molecule has 31 N–H and O–H groups in total. The first-order valence-corrected chi connectivity index (χ1v) is 38.0. The van der Waals surface area contributed by atoms with Crippen LogP contribution in [0, 0.1) is 43.9 Å². The highest BCUT2D eigenvalue weighted by Gasteiger charge is 2.40. The Morgan fingerprint density at radius 1 is 0.475 bits per heavy atom. The third-order valence-corrected chi connectivity index (χ3v) is 17.7. The molecule has 2 aromatic carbocycles. The number of primary amides is 1. The van der Waals surface area contributed by atoms with Crippen LogP contribution in [0.1, 0.15) is 144 Å². The SMILES string of the molecule is CCC(C)C(NC(=O)C(NC(=O)C(NC(=O)CNC(=O)CNC(=O)c1ccccc1N)C(C)C)C(C)C)C(=O)NC(C)C(=O)NC(C(=O)NC(C(=O)NC(CCCCNc1ccc([N+](=O)[O-])cc1[N+](=O)[O-])C(=O)NC(CCCN=C(N)N)C(=O)NC(CCCN=C(N)N)C(=O)NC(CCCN=C(N)N)C(N)=O)C(C)C)C(C)O.O=C(O)C(F)(F)F.